The Morgan fingerprint density at radius 2 is 1.49 bits per heavy atom. The van der Waals surface area contributed by atoms with Gasteiger partial charge in [-0.15, -0.1) is 5.10 Å². The Hall–Kier alpha value is -4.83. The average molecular weight is 676 g/mol. The van der Waals surface area contributed by atoms with Gasteiger partial charge in [0.25, 0.3) is 5.95 Å². The maximum Gasteiger partial charge on any atom is 0.416 e. The number of aryl methyl sites for hydroxylation is 1. The molecule has 0 spiro atoms. The highest BCUT2D eigenvalue weighted by molar-refractivity contribution is 5.77. The van der Waals surface area contributed by atoms with E-state index in [1.54, 1.807) is 19.1 Å². The number of hydrogen-bond acceptors (Lipinski definition) is 6. The number of aromatic nitrogens is 4. The molecule has 1 unspecified atom stereocenters. The van der Waals surface area contributed by atoms with Crippen LogP contribution in [0.15, 0.2) is 54.6 Å². The first-order chi connectivity index (χ1) is 21.8. The summed E-state index contributed by atoms with van der Waals surface area (Å²) in [6.45, 7) is 0.386. The van der Waals surface area contributed by atoms with Crippen LogP contribution in [0.4, 0.5) is 45.5 Å². The van der Waals surface area contributed by atoms with Crippen molar-refractivity contribution in [2.24, 2.45) is 7.05 Å². The van der Waals surface area contributed by atoms with Crippen molar-refractivity contribution in [3.05, 3.63) is 88.0 Å². The SMILES string of the molecule is COc1c(-c2ccc(C(F)(F)F)cc2CN(Cc2cc(C(F)(F)F)cc(C(F)(F)F)c2)c2nnn(C)n2)cccc1C(C)CC(=O)O. The minimum absolute atomic E-state index is 0.0378. The Labute approximate surface area is 261 Å². The van der Waals surface area contributed by atoms with Crippen molar-refractivity contribution >= 4 is 11.9 Å². The second kappa shape index (κ2) is 13.1. The van der Waals surface area contributed by atoms with Gasteiger partial charge in [-0.1, -0.05) is 36.3 Å². The molecule has 1 N–H and O–H groups in total. The van der Waals surface area contributed by atoms with Crippen LogP contribution in [0.25, 0.3) is 11.1 Å². The normalized spacial score (nSPS) is 13.0. The van der Waals surface area contributed by atoms with E-state index >= 15 is 0 Å². The number of alkyl halides is 9. The topological polar surface area (TPSA) is 93.4 Å². The molecule has 0 fully saturated rings. The van der Waals surface area contributed by atoms with E-state index in [0.29, 0.717) is 17.7 Å². The van der Waals surface area contributed by atoms with Crippen LogP contribution in [-0.4, -0.2) is 38.4 Å². The monoisotopic (exact) mass is 675 g/mol. The Bertz CT molecular complexity index is 1720. The highest BCUT2D eigenvalue weighted by atomic mass is 19.4. The van der Waals surface area contributed by atoms with E-state index in [-0.39, 0.29) is 40.9 Å². The smallest absolute Gasteiger partial charge is 0.416 e. The second-order valence-electron chi connectivity index (χ2n) is 10.6. The third kappa shape index (κ3) is 8.31. The molecule has 3 aromatic carbocycles. The number of carbonyl (C=O) groups is 1. The zero-order valence-corrected chi connectivity index (χ0v) is 24.8. The molecule has 0 aliphatic heterocycles. The van der Waals surface area contributed by atoms with E-state index in [2.05, 4.69) is 15.4 Å². The maximum atomic E-state index is 13.9. The minimum atomic E-state index is -5.14. The number of tetrazole rings is 1. The van der Waals surface area contributed by atoms with Crippen LogP contribution >= 0.6 is 0 Å². The predicted octanol–water partition coefficient (Wildman–Crippen LogP) is 7.73. The van der Waals surface area contributed by atoms with Crippen LogP contribution in [0.2, 0.25) is 0 Å². The van der Waals surface area contributed by atoms with Gasteiger partial charge in [-0.05, 0) is 63.7 Å². The number of rotatable bonds is 10. The van der Waals surface area contributed by atoms with Crippen molar-refractivity contribution in [3.8, 4) is 16.9 Å². The van der Waals surface area contributed by atoms with Crippen LogP contribution in [0.5, 0.6) is 5.75 Å². The van der Waals surface area contributed by atoms with Crippen molar-refractivity contribution in [2.45, 2.75) is 50.9 Å². The number of ether oxygens (including phenoxy) is 1. The summed E-state index contributed by atoms with van der Waals surface area (Å²) >= 11 is 0. The lowest BCUT2D eigenvalue weighted by atomic mass is 9.90. The number of methoxy groups -OCH3 is 1. The maximum absolute atomic E-state index is 13.9. The summed E-state index contributed by atoms with van der Waals surface area (Å²) in [4.78, 5) is 13.4. The van der Waals surface area contributed by atoms with Crippen LogP contribution < -0.4 is 9.64 Å². The molecule has 0 saturated carbocycles. The number of carboxylic acids is 1. The van der Waals surface area contributed by atoms with Gasteiger partial charge >= 0.3 is 24.5 Å². The molecular weight excluding hydrogens is 649 g/mol. The van der Waals surface area contributed by atoms with E-state index < -0.39 is 65.8 Å². The number of carboxylic acid groups (broad SMARTS) is 1. The predicted molar refractivity (Wildman–Crippen MR) is 149 cm³/mol. The number of nitrogens with zero attached hydrogens (tertiary/aromatic N) is 5. The fourth-order valence-electron chi connectivity index (χ4n) is 5.05. The largest absolute Gasteiger partial charge is 0.496 e. The van der Waals surface area contributed by atoms with Gasteiger partial charge in [0.05, 0.1) is 37.3 Å². The first-order valence-electron chi connectivity index (χ1n) is 13.6. The van der Waals surface area contributed by atoms with Gasteiger partial charge in [-0.3, -0.25) is 4.79 Å². The zero-order valence-electron chi connectivity index (χ0n) is 24.8. The van der Waals surface area contributed by atoms with Crippen molar-refractivity contribution in [2.75, 3.05) is 12.0 Å². The van der Waals surface area contributed by atoms with Crippen LogP contribution in [-0.2, 0) is 43.5 Å². The van der Waals surface area contributed by atoms with E-state index in [1.165, 1.54) is 20.2 Å². The van der Waals surface area contributed by atoms with E-state index in [1.807, 2.05) is 0 Å². The fraction of sp³-hybridized carbons (Fsp3) is 0.333. The van der Waals surface area contributed by atoms with Crippen LogP contribution in [0, 0.1) is 0 Å². The summed E-state index contributed by atoms with van der Waals surface area (Å²) in [7, 11) is 2.63. The summed E-state index contributed by atoms with van der Waals surface area (Å²) in [5, 5.41) is 20.8. The molecule has 0 saturated heterocycles. The Morgan fingerprint density at radius 3 is 2.00 bits per heavy atom. The first kappa shape index (κ1) is 35.0. The highest BCUT2D eigenvalue weighted by Crippen LogP contribution is 2.42. The summed E-state index contributed by atoms with van der Waals surface area (Å²) in [6.07, 6.45) is -15.4. The van der Waals surface area contributed by atoms with Crippen molar-refractivity contribution in [1.82, 2.24) is 20.2 Å². The molecule has 252 valence electrons. The number of anilines is 1. The van der Waals surface area contributed by atoms with Gasteiger partial charge < -0.3 is 14.7 Å². The molecule has 0 aliphatic carbocycles. The molecule has 4 aromatic rings. The Kier molecular flexibility index (Phi) is 9.78. The van der Waals surface area contributed by atoms with Gasteiger partial charge in [0.1, 0.15) is 5.75 Å². The number of halogens is 9. The number of benzene rings is 3. The van der Waals surface area contributed by atoms with E-state index in [0.717, 1.165) is 27.9 Å². The molecule has 1 atom stereocenters. The van der Waals surface area contributed by atoms with Gasteiger partial charge in [-0.2, -0.15) is 44.3 Å². The Balaban J connectivity index is 1.90. The molecular formula is C30H26F9N5O3. The zero-order chi connectivity index (χ0) is 34.9. The summed E-state index contributed by atoms with van der Waals surface area (Å²) in [6, 6.07) is 8.38. The molecule has 8 nitrogen and oxygen atoms in total. The van der Waals surface area contributed by atoms with Gasteiger partial charge in [0.15, 0.2) is 0 Å². The lowest BCUT2D eigenvalue weighted by molar-refractivity contribution is -0.143. The lowest BCUT2D eigenvalue weighted by Crippen LogP contribution is -2.25. The summed E-state index contributed by atoms with van der Waals surface area (Å²) in [5.74, 6) is -1.81. The second-order valence-corrected chi connectivity index (χ2v) is 10.6. The average Bonchev–Trinajstić information content (AvgIpc) is 3.40. The standard InChI is InChI=1S/C30H26F9N5O3/c1-16(9-25(45)46)22-5-4-6-24(26(22)47-3)23-8-7-19(28(31,32)33)12-18(23)15-44(27-40-42-43(2)41-27)14-17-10-20(29(34,35)36)13-21(11-17)30(37,38)39/h4-8,10-13,16H,9,14-15H2,1-3H3,(H,45,46). The minimum Gasteiger partial charge on any atom is -0.496 e. The van der Waals surface area contributed by atoms with E-state index in [9.17, 15) is 49.4 Å². The summed E-state index contributed by atoms with van der Waals surface area (Å²) < 4.78 is 129. The van der Waals surface area contributed by atoms with Crippen LogP contribution in [0.1, 0.15) is 52.6 Å². The number of aliphatic carboxylic acids is 1. The van der Waals surface area contributed by atoms with E-state index in [4.69, 9.17) is 4.74 Å². The van der Waals surface area contributed by atoms with Crippen molar-refractivity contribution in [3.63, 3.8) is 0 Å². The molecule has 17 heteroatoms. The molecule has 47 heavy (non-hydrogen) atoms. The molecule has 1 heterocycles. The lowest BCUT2D eigenvalue weighted by Gasteiger charge is -2.25. The molecule has 1 aromatic heterocycles. The number of para-hydroxylation sites is 1. The molecule has 4 rings (SSSR count). The van der Waals surface area contributed by atoms with Crippen molar-refractivity contribution in [1.29, 1.82) is 0 Å². The first-order valence-corrected chi connectivity index (χ1v) is 13.6. The summed E-state index contributed by atoms with van der Waals surface area (Å²) in [5.41, 5.74) is -3.93. The third-order valence-electron chi connectivity index (χ3n) is 7.15. The van der Waals surface area contributed by atoms with Crippen LogP contribution in [0.3, 0.4) is 0 Å². The molecule has 0 bridgehead atoms. The van der Waals surface area contributed by atoms with Crippen molar-refractivity contribution < 1.29 is 54.2 Å². The molecule has 0 aliphatic rings. The Morgan fingerprint density at radius 1 is 0.872 bits per heavy atom. The highest BCUT2D eigenvalue weighted by Gasteiger charge is 2.37. The van der Waals surface area contributed by atoms with Gasteiger partial charge in [0.2, 0.25) is 0 Å². The molecule has 0 amide bonds. The molecule has 0 radical (unpaired) electrons. The fourth-order valence-corrected chi connectivity index (χ4v) is 5.05. The number of hydrogen-bond donors (Lipinski definition) is 1. The quantitative estimate of drug-likeness (QED) is 0.172. The third-order valence-corrected chi connectivity index (χ3v) is 7.15. The van der Waals surface area contributed by atoms with Gasteiger partial charge in [0, 0.05) is 18.7 Å². The van der Waals surface area contributed by atoms with Gasteiger partial charge in [-0.25, -0.2) is 0 Å².